The molecule has 0 saturated carbocycles. The molecule has 0 aliphatic carbocycles. The van der Waals surface area contributed by atoms with Crippen molar-refractivity contribution in [3.8, 4) is 0 Å². The summed E-state index contributed by atoms with van der Waals surface area (Å²) in [7, 11) is 0. The molecule has 0 aromatic heterocycles. The SMILES string of the molecule is CCN(CC)C(=O)N1CCNCC1C(C)C. The van der Waals surface area contributed by atoms with Crippen molar-refractivity contribution in [2.45, 2.75) is 33.7 Å². The molecular weight excluding hydrogens is 202 g/mol. The van der Waals surface area contributed by atoms with Crippen LogP contribution in [0.5, 0.6) is 0 Å². The van der Waals surface area contributed by atoms with E-state index in [1.165, 1.54) is 0 Å². The number of hydrogen-bond acceptors (Lipinski definition) is 2. The smallest absolute Gasteiger partial charge is 0.320 e. The van der Waals surface area contributed by atoms with Crippen LogP contribution in [-0.2, 0) is 0 Å². The van der Waals surface area contributed by atoms with Crippen molar-refractivity contribution < 1.29 is 4.79 Å². The quantitative estimate of drug-likeness (QED) is 0.790. The summed E-state index contributed by atoms with van der Waals surface area (Å²) < 4.78 is 0. The molecule has 16 heavy (non-hydrogen) atoms. The molecule has 1 atom stereocenters. The summed E-state index contributed by atoms with van der Waals surface area (Å²) >= 11 is 0. The maximum atomic E-state index is 12.3. The molecule has 94 valence electrons. The lowest BCUT2D eigenvalue weighted by molar-refractivity contribution is 0.107. The Morgan fingerprint density at radius 3 is 2.56 bits per heavy atom. The molecule has 1 aliphatic heterocycles. The van der Waals surface area contributed by atoms with Gasteiger partial charge >= 0.3 is 6.03 Å². The van der Waals surface area contributed by atoms with E-state index in [9.17, 15) is 4.79 Å². The average Bonchev–Trinajstić information content (AvgIpc) is 2.30. The number of nitrogens with one attached hydrogen (secondary N) is 1. The minimum absolute atomic E-state index is 0.199. The number of rotatable bonds is 3. The van der Waals surface area contributed by atoms with Crippen molar-refractivity contribution in [1.29, 1.82) is 0 Å². The first-order valence-electron chi connectivity index (χ1n) is 6.38. The topological polar surface area (TPSA) is 35.6 Å². The lowest BCUT2D eigenvalue weighted by Gasteiger charge is -2.41. The van der Waals surface area contributed by atoms with Crippen LogP contribution in [0.4, 0.5) is 4.79 Å². The Hall–Kier alpha value is -0.770. The van der Waals surface area contributed by atoms with Gasteiger partial charge in [-0.05, 0) is 19.8 Å². The molecule has 4 heteroatoms. The number of carbonyl (C=O) groups is 1. The lowest BCUT2D eigenvalue weighted by atomic mass is 10.0. The molecule has 0 aromatic rings. The van der Waals surface area contributed by atoms with Gasteiger partial charge in [-0.1, -0.05) is 13.8 Å². The molecule has 1 heterocycles. The fraction of sp³-hybridized carbons (Fsp3) is 0.917. The van der Waals surface area contributed by atoms with Gasteiger partial charge in [0, 0.05) is 38.8 Å². The zero-order valence-corrected chi connectivity index (χ0v) is 11.0. The van der Waals surface area contributed by atoms with Gasteiger partial charge in [-0.3, -0.25) is 0 Å². The van der Waals surface area contributed by atoms with E-state index < -0.39 is 0 Å². The van der Waals surface area contributed by atoms with E-state index in [0.717, 1.165) is 32.7 Å². The van der Waals surface area contributed by atoms with Crippen LogP contribution >= 0.6 is 0 Å². The van der Waals surface area contributed by atoms with Gasteiger partial charge in [0.2, 0.25) is 0 Å². The van der Waals surface area contributed by atoms with E-state index >= 15 is 0 Å². The van der Waals surface area contributed by atoms with Gasteiger partial charge in [-0.2, -0.15) is 0 Å². The number of nitrogens with zero attached hydrogens (tertiary/aromatic N) is 2. The molecule has 0 aromatic carbocycles. The van der Waals surface area contributed by atoms with E-state index in [-0.39, 0.29) is 6.03 Å². The van der Waals surface area contributed by atoms with Crippen LogP contribution < -0.4 is 5.32 Å². The van der Waals surface area contributed by atoms with Crippen LogP contribution in [-0.4, -0.2) is 54.6 Å². The Bertz CT molecular complexity index is 226. The summed E-state index contributed by atoms with van der Waals surface area (Å²) in [5, 5.41) is 3.36. The Balaban J connectivity index is 2.70. The third-order valence-corrected chi connectivity index (χ3v) is 3.33. The maximum Gasteiger partial charge on any atom is 0.320 e. The number of hydrogen-bond donors (Lipinski definition) is 1. The van der Waals surface area contributed by atoms with Crippen molar-refractivity contribution >= 4 is 6.03 Å². The second-order valence-corrected chi connectivity index (χ2v) is 4.66. The highest BCUT2D eigenvalue weighted by atomic mass is 16.2. The predicted octanol–water partition coefficient (Wildman–Crippen LogP) is 1.38. The summed E-state index contributed by atoms with van der Waals surface area (Å²) in [6.45, 7) is 12.7. The van der Waals surface area contributed by atoms with E-state index in [4.69, 9.17) is 0 Å². The minimum Gasteiger partial charge on any atom is -0.325 e. The van der Waals surface area contributed by atoms with E-state index in [1.807, 2.05) is 23.6 Å². The van der Waals surface area contributed by atoms with Gasteiger partial charge in [0.15, 0.2) is 0 Å². The van der Waals surface area contributed by atoms with Crippen LogP contribution in [0, 0.1) is 5.92 Å². The molecule has 1 N–H and O–H groups in total. The monoisotopic (exact) mass is 227 g/mol. The summed E-state index contributed by atoms with van der Waals surface area (Å²) in [5.41, 5.74) is 0. The Morgan fingerprint density at radius 2 is 2.06 bits per heavy atom. The van der Waals surface area contributed by atoms with Crippen LogP contribution in [0.2, 0.25) is 0 Å². The molecular formula is C12H25N3O. The normalized spacial score (nSPS) is 21.3. The molecule has 4 nitrogen and oxygen atoms in total. The molecule has 0 radical (unpaired) electrons. The van der Waals surface area contributed by atoms with E-state index in [0.29, 0.717) is 12.0 Å². The first-order valence-corrected chi connectivity index (χ1v) is 6.38. The van der Waals surface area contributed by atoms with Gasteiger partial charge < -0.3 is 15.1 Å². The Labute approximate surface area is 99.0 Å². The van der Waals surface area contributed by atoms with E-state index in [2.05, 4.69) is 19.2 Å². The molecule has 1 rings (SSSR count). The summed E-state index contributed by atoms with van der Waals surface area (Å²) in [4.78, 5) is 16.2. The first kappa shape index (κ1) is 13.3. The highest BCUT2D eigenvalue weighted by Crippen LogP contribution is 2.15. The zero-order chi connectivity index (χ0) is 12.1. The fourth-order valence-electron chi connectivity index (χ4n) is 2.23. The van der Waals surface area contributed by atoms with Gasteiger partial charge in [0.25, 0.3) is 0 Å². The lowest BCUT2D eigenvalue weighted by Crippen LogP contribution is -2.58. The summed E-state index contributed by atoms with van der Waals surface area (Å²) in [6, 6.07) is 0.534. The highest BCUT2D eigenvalue weighted by molar-refractivity contribution is 5.75. The number of carbonyl (C=O) groups excluding carboxylic acids is 1. The fourth-order valence-corrected chi connectivity index (χ4v) is 2.23. The third kappa shape index (κ3) is 2.88. The minimum atomic E-state index is 0.199. The maximum absolute atomic E-state index is 12.3. The van der Waals surface area contributed by atoms with Crippen molar-refractivity contribution in [2.24, 2.45) is 5.92 Å². The highest BCUT2D eigenvalue weighted by Gasteiger charge is 2.30. The second-order valence-electron chi connectivity index (χ2n) is 4.66. The largest absolute Gasteiger partial charge is 0.325 e. The predicted molar refractivity (Wildman–Crippen MR) is 66.5 cm³/mol. The summed E-state index contributed by atoms with van der Waals surface area (Å²) in [5.74, 6) is 0.507. The van der Waals surface area contributed by atoms with Gasteiger partial charge in [0.05, 0.1) is 0 Å². The van der Waals surface area contributed by atoms with Crippen LogP contribution in [0.3, 0.4) is 0 Å². The third-order valence-electron chi connectivity index (χ3n) is 3.33. The standard InChI is InChI=1S/C12H25N3O/c1-5-14(6-2)12(16)15-8-7-13-9-11(15)10(3)4/h10-11,13H,5-9H2,1-4H3. The first-order chi connectivity index (χ1) is 7.61. The molecule has 0 bridgehead atoms. The van der Waals surface area contributed by atoms with Crippen LogP contribution in [0.15, 0.2) is 0 Å². The number of urea groups is 1. The van der Waals surface area contributed by atoms with Crippen molar-refractivity contribution in [3.63, 3.8) is 0 Å². The van der Waals surface area contributed by atoms with Crippen molar-refractivity contribution in [3.05, 3.63) is 0 Å². The average molecular weight is 227 g/mol. The Morgan fingerprint density at radius 1 is 1.44 bits per heavy atom. The van der Waals surface area contributed by atoms with Crippen LogP contribution in [0.1, 0.15) is 27.7 Å². The van der Waals surface area contributed by atoms with Gasteiger partial charge in [-0.15, -0.1) is 0 Å². The second kappa shape index (κ2) is 6.09. The molecule has 2 amide bonds. The van der Waals surface area contributed by atoms with Crippen LogP contribution in [0.25, 0.3) is 0 Å². The van der Waals surface area contributed by atoms with Crippen molar-refractivity contribution in [1.82, 2.24) is 15.1 Å². The number of amides is 2. The summed E-state index contributed by atoms with van der Waals surface area (Å²) in [6.07, 6.45) is 0. The van der Waals surface area contributed by atoms with Crippen molar-refractivity contribution in [2.75, 3.05) is 32.7 Å². The molecule has 1 aliphatic rings. The number of piperazine rings is 1. The van der Waals surface area contributed by atoms with Gasteiger partial charge in [-0.25, -0.2) is 4.79 Å². The Kier molecular flexibility index (Phi) is 5.06. The molecule has 1 fully saturated rings. The van der Waals surface area contributed by atoms with Gasteiger partial charge in [0.1, 0.15) is 0 Å². The molecule has 1 saturated heterocycles. The zero-order valence-electron chi connectivity index (χ0n) is 11.0. The van der Waals surface area contributed by atoms with E-state index in [1.54, 1.807) is 0 Å². The molecule has 0 spiro atoms. The molecule has 1 unspecified atom stereocenters.